The van der Waals surface area contributed by atoms with Crippen LogP contribution in [0, 0.1) is 39.7 Å². The van der Waals surface area contributed by atoms with Crippen LogP contribution in [0.5, 0.6) is 5.75 Å². The Kier molecular flexibility index (Phi) is 5.04. The summed E-state index contributed by atoms with van der Waals surface area (Å²) in [5, 5.41) is 22.5. The molecule has 28 heavy (non-hydrogen) atoms. The Morgan fingerprint density at radius 1 is 1.18 bits per heavy atom. The van der Waals surface area contributed by atoms with Crippen LogP contribution < -0.4 is 9.84 Å². The Morgan fingerprint density at radius 2 is 1.93 bits per heavy atom. The summed E-state index contributed by atoms with van der Waals surface area (Å²) in [6.45, 7) is 3.87. The molecule has 0 amide bonds. The van der Waals surface area contributed by atoms with Crippen LogP contribution in [0.3, 0.4) is 0 Å². The maximum absolute atomic E-state index is 11.3. The van der Waals surface area contributed by atoms with Gasteiger partial charge in [0.25, 0.3) is 0 Å². The van der Waals surface area contributed by atoms with Crippen LogP contribution in [-0.2, 0) is 4.74 Å². The standard InChI is InChI=1S/C21H27NO6/c1-11(2)21(27-18-10-13-8-16(18)15-5-3-4-14(13)15)28-19-9-12(20(23)24)6-7-17(19)22(25)26/h6-7,9,11,13-16,18,21H,3-5,8,10H2,1-2H3,(H,23,24)/p-1. The number of rotatable bonds is 7. The molecule has 0 saturated heterocycles. The van der Waals surface area contributed by atoms with Crippen molar-refractivity contribution in [1.82, 2.24) is 0 Å². The average molecular weight is 388 g/mol. The molecule has 1 aromatic carbocycles. The predicted molar refractivity (Wildman–Crippen MR) is 98.6 cm³/mol. The zero-order valence-corrected chi connectivity index (χ0v) is 16.2. The average Bonchev–Trinajstić information content (AvgIpc) is 3.33. The highest BCUT2D eigenvalue weighted by atomic mass is 16.7. The van der Waals surface area contributed by atoms with Crippen LogP contribution in [0.4, 0.5) is 5.69 Å². The number of aromatic carboxylic acids is 1. The molecule has 0 aliphatic heterocycles. The molecule has 0 heterocycles. The number of ether oxygens (including phenoxy) is 2. The number of nitro benzene ring substituents is 1. The van der Waals surface area contributed by atoms with Gasteiger partial charge in [-0.2, -0.15) is 0 Å². The van der Waals surface area contributed by atoms with Gasteiger partial charge in [-0.15, -0.1) is 0 Å². The maximum Gasteiger partial charge on any atom is 0.311 e. The molecular formula is C21H26NO6-. The van der Waals surface area contributed by atoms with Gasteiger partial charge in [-0.05, 0) is 61.5 Å². The van der Waals surface area contributed by atoms with Gasteiger partial charge in [0, 0.05) is 17.5 Å². The second kappa shape index (κ2) is 7.35. The number of nitro groups is 1. The molecule has 0 aromatic heterocycles. The monoisotopic (exact) mass is 388 g/mol. The van der Waals surface area contributed by atoms with Gasteiger partial charge < -0.3 is 19.4 Å². The Balaban J connectivity index is 1.53. The van der Waals surface area contributed by atoms with E-state index < -0.39 is 17.2 Å². The van der Waals surface area contributed by atoms with Crippen molar-refractivity contribution in [2.45, 2.75) is 58.3 Å². The topological polar surface area (TPSA) is 102 Å². The summed E-state index contributed by atoms with van der Waals surface area (Å²) in [6, 6.07) is 3.44. The van der Waals surface area contributed by atoms with Crippen molar-refractivity contribution in [2.75, 3.05) is 0 Å². The molecule has 3 saturated carbocycles. The van der Waals surface area contributed by atoms with Crippen LogP contribution in [0.2, 0.25) is 0 Å². The van der Waals surface area contributed by atoms with E-state index in [9.17, 15) is 20.0 Å². The molecular weight excluding hydrogens is 362 g/mol. The summed E-state index contributed by atoms with van der Waals surface area (Å²) < 4.78 is 12.2. The number of hydrogen-bond donors (Lipinski definition) is 0. The molecule has 0 spiro atoms. The first-order valence-corrected chi connectivity index (χ1v) is 10.2. The smallest absolute Gasteiger partial charge is 0.311 e. The second-order valence-electron chi connectivity index (χ2n) is 8.79. The van der Waals surface area contributed by atoms with Gasteiger partial charge in [0.2, 0.25) is 12.0 Å². The number of carboxylic acid groups (broad SMARTS) is 1. The minimum absolute atomic E-state index is 0.0373. The number of benzene rings is 1. The number of nitrogens with zero attached hydrogens (tertiary/aromatic N) is 1. The minimum atomic E-state index is -1.40. The number of carbonyl (C=O) groups excluding carboxylic acids is 1. The molecule has 7 nitrogen and oxygen atoms in total. The summed E-state index contributed by atoms with van der Waals surface area (Å²) in [7, 11) is 0. The highest BCUT2D eigenvalue weighted by Crippen LogP contribution is 2.59. The summed E-state index contributed by atoms with van der Waals surface area (Å²) in [4.78, 5) is 21.9. The predicted octanol–water partition coefficient (Wildman–Crippen LogP) is 3.16. The number of fused-ring (bicyclic) bond motifs is 5. The van der Waals surface area contributed by atoms with Gasteiger partial charge in [-0.25, -0.2) is 0 Å². The Morgan fingerprint density at radius 3 is 2.61 bits per heavy atom. The summed E-state index contributed by atoms with van der Waals surface area (Å²) >= 11 is 0. The van der Waals surface area contributed by atoms with Gasteiger partial charge >= 0.3 is 5.69 Å². The van der Waals surface area contributed by atoms with Gasteiger partial charge in [0.05, 0.1) is 17.0 Å². The molecule has 4 rings (SSSR count). The van der Waals surface area contributed by atoms with Crippen molar-refractivity contribution in [3.63, 3.8) is 0 Å². The number of carboxylic acids is 1. The third-order valence-corrected chi connectivity index (χ3v) is 6.86. The highest BCUT2D eigenvalue weighted by molar-refractivity contribution is 5.87. The molecule has 3 fully saturated rings. The van der Waals surface area contributed by atoms with Crippen molar-refractivity contribution in [3.05, 3.63) is 33.9 Å². The zero-order chi connectivity index (χ0) is 20.0. The van der Waals surface area contributed by atoms with Crippen molar-refractivity contribution in [3.8, 4) is 5.75 Å². The highest BCUT2D eigenvalue weighted by Gasteiger charge is 2.54. The largest absolute Gasteiger partial charge is 0.545 e. The molecule has 7 heteroatoms. The normalized spacial score (nSPS) is 31.8. The molecule has 3 aliphatic rings. The first kappa shape index (κ1) is 19.2. The van der Waals surface area contributed by atoms with E-state index in [1.807, 2.05) is 13.8 Å². The lowest BCUT2D eigenvalue weighted by atomic mass is 9.80. The van der Waals surface area contributed by atoms with E-state index >= 15 is 0 Å². The van der Waals surface area contributed by atoms with Crippen molar-refractivity contribution >= 4 is 11.7 Å². The zero-order valence-electron chi connectivity index (χ0n) is 16.2. The van der Waals surface area contributed by atoms with E-state index in [0.717, 1.165) is 42.4 Å². The number of carbonyl (C=O) groups is 1. The quantitative estimate of drug-likeness (QED) is 0.404. The summed E-state index contributed by atoms with van der Waals surface area (Å²) in [5.74, 6) is 1.34. The van der Waals surface area contributed by atoms with E-state index in [1.165, 1.54) is 25.7 Å². The Hall–Kier alpha value is -2.15. The Bertz CT molecular complexity index is 778. The lowest BCUT2D eigenvalue weighted by Gasteiger charge is -2.35. The molecule has 6 unspecified atom stereocenters. The second-order valence-corrected chi connectivity index (χ2v) is 8.79. The molecule has 1 aromatic rings. The fourth-order valence-corrected chi connectivity index (χ4v) is 5.67. The van der Waals surface area contributed by atoms with Crippen molar-refractivity contribution < 1.29 is 24.3 Å². The van der Waals surface area contributed by atoms with Crippen LogP contribution in [0.1, 0.15) is 56.3 Å². The van der Waals surface area contributed by atoms with E-state index in [0.29, 0.717) is 5.92 Å². The van der Waals surface area contributed by atoms with Gasteiger partial charge in [-0.1, -0.05) is 20.3 Å². The maximum atomic E-state index is 11.3. The first-order chi connectivity index (χ1) is 13.3. The van der Waals surface area contributed by atoms with E-state index in [1.54, 1.807) is 0 Å². The molecule has 6 atom stereocenters. The summed E-state index contributed by atoms with van der Waals surface area (Å²) in [6.07, 6.45) is 5.61. The van der Waals surface area contributed by atoms with E-state index in [4.69, 9.17) is 9.47 Å². The molecule has 152 valence electrons. The molecule has 2 bridgehead atoms. The van der Waals surface area contributed by atoms with E-state index in [2.05, 4.69) is 0 Å². The van der Waals surface area contributed by atoms with E-state index in [-0.39, 0.29) is 29.0 Å². The molecule has 0 radical (unpaired) electrons. The van der Waals surface area contributed by atoms with Crippen LogP contribution >= 0.6 is 0 Å². The third kappa shape index (κ3) is 3.36. The van der Waals surface area contributed by atoms with Gasteiger partial charge in [0.1, 0.15) is 0 Å². The van der Waals surface area contributed by atoms with Gasteiger partial charge in [-0.3, -0.25) is 10.1 Å². The lowest BCUT2D eigenvalue weighted by Crippen LogP contribution is -2.37. The fraction of sp³-hybridized carbons (Fsp3) is 0.667. The van der Waals surface area contributed by atoms with Crippen LogP contribution in [-0.4, -0.2) is 23.3 Å². The minimum Gasteiger partial charge on any atom is -0.545 e. The van der Waals surface area contributed by atoms with Gasteiger partial charge in [0.15, 0.2) is 0 Å². The van der Waals surface area contributed by atoms with Crippen molar-refractivity contribution in [2.24, 2.45) is 29.6 Å². The molecule has 3 aliphatic carbocycles. The SMILES string of the molecule is CC(C)C(Oc1cc(C(=O)[O-])ccc1[N+](=O)[O-])OC1CC2CC1C1CCCC21. The lowest BCUT2D eigenvalue weighted by molar-refractivity contribution is -0.386. The van der Waals surface area contributed by atoms with Crippen LogP contribution in [0.25, 0.3) is 0 Å². The van der Waals surface area contributed by atoms with Crippen LogP contribution in [0.15, 0.2) is 18.2 Å². The molecule has 0 N–H and O–H groups in total. The summed E-state index contributed by atoms with van der Waals surface area (Å²) in [5.41, 5.74) is -0.431. The van der Waals surface area contributed by atoms with Crippen molar-refractivity contribution in [1.29, 1.82) is 0 Å². The third-order valence-electron chi connectivity index (χ3n) is 6.86. The first-order valence-electron chi connectivity index (χ1n) is 10.2. The number of hydrogen-bond acceptors (Lipinski definition) is 6. The fourth-order valence-electron chi connectivity index (χ4n) is 5.67. The Labute approximate surface area is 164 Å².